The van der Waals surface area contributed by atoms with Gasteiger partial charge in [-0.3, -0.25) is 10.1 Å². The summed E-state index contributed by atoms with van der Waals surface area (Å²) >= 11 is 0. The minimum Gasteiger partial charge on any atom is -0.466 e. The number of esters is 1. The Morgan fingerprint density at radius 3 is 2.94 bits per heavy atom. The molecule has 18 heavy (non-hydrogen) atoms. The summed E-state index contributed by atoms with van der Waals surface area (Å²) in [7, 11) is 1.28. The highest BCUT2D eigenvalue weighted by atomic mass is 16.6. The first-order valence-corrected chi connectivity index (χ1v) is 5.13. The minimum atomic E-state index is -0.477. The number of methoxy groups -OCH3 is 1. The topological polar surface area (TPSA) is 85.2 Å². The van der Waals surface area contributed by atoms with Crippen molar-refractivity contribution in [3.05, 3.63) is 46.1 Å². The first kappa shape index (κ1) is 11.8. The fraction of sp³-hybridized carbons (Fsp3) is 0.0833. The lowest BCUT2D eigenvalue weighted by molar-refractivity contribution is -0.384. The summed E-state index contributed by atoms with van der Waals surface area (Å²) in [6.07, 6.45) is 4.49. The van der Waals surface area contributed by atoms with Crippen LogP contribution in [0.15, 0.2) is 30.5 Å². The molecule has 0 unspecified atom stereocenters. The minimum absolute atomic E-state index is 0.00909. The largest absolute Gasteiger partial charge is 0.466 e. The second-order valence-electron chi connectivity index (χ2n) is 3.59. The van der Waals surface area contributed by atoms with Gasteiger partial charge in [-0.1, -0.05) is 0 Å². The molecule has 0 amide bonds. The van der Waals surface area contributed by atoms with Crippen LogP contribution in [0.3, 0.4) is 0 Å². The molecule has 6 nitrogen and oxygen atoms in total. The number of non-ortho nitro benzene ring substituents is 1. The van der Waals surface area contributed by atoms with E-state index in [1.807, 2.05) is 0 Å². The average Bonchev–Trinajstić information content (AvgIpc) is 2.78. The zero-order valence-electron chi connectivity index (χ0n) is 9.54. The van der Waals surface area contributed by atoms with Crippen LogP contribution in [-0.4, -0.2) is 23.0 Å². The Hall–Kier alpha value is -2.63. The van der Waals surface area contributed by atoms with Crippen LogP contribution >= 0.6 is 0 Å². The first-order valence-electron chi connectivity index (χ1n) is 5.13. The van der Waals surface area contributed by atoms with Gasteiger partial charge in [0.05, 0.1) is 12.0 Å². The normalized spacial score (nSPS) is 10.9. The van der Waals surface area contributed by atoms with E-state index in [1.54, 1.807) is 18.3 Å². The summed E-state index contributed by atoms with van der Waals surface area (Å²) < 4.78 is 4.48. The number of nitrogens with one attached hydrogen (secondary N) is 1. The SMILES string of the molecule is COC(=O)C=Cc1c[nH]c2ccc([N+](=O)[O-])cc12. The number of rotatable bonds is 3. The Labute approximate surface area is 102 Å². The molecule has 0 fully saturated rings. The number of H-pyrrole nitrogens is 1. The van der Waals surface area contributed by atoms with Gasteiger partial charge in [-0.15, -0.1) is 0 Å². The van der Waals surface area contributed by atoms with Crippen molar-refractivity contribution in [2.75, 3.05) is 7.11 Å². The summed E-state index contributed by atoms with van der Waals surface area (Å²) in [5.41, 5.74) is 1.47. The fourth-order valence-electron chi connectivity index (χ4n) is 1.61. The summed E-state index contributed by atoms with van der Waals surface area (Å²) in [6.45, 7) is 0. The van der Waals surface area contributed by atoms with Crippen LogP contribution < -0.4 is 0 Å². The van der Waals surface area contributed by atoms with Gasteiger partial charge >= 0.3 is 5.97 Å². The molecule has 92 valence electrons. The molecule has 1 aromatic carbocycles. The first-order chi connectivity index (χ1) is 8.61. The van der Waals surface area contributed by atoms with Crippen molar-refractivity contribution in [3.63, 3.8) is 0 Å². The van der Waals surface area contributed by atoms with Crippen molar-refractivity contribution in [2.45, 2.75) is 0 Å². The molecule has 0 saturated carbocycles. The molecule has 0 spiro atoms. The average molecular weight is 246 g/mol. The third-order valence-electron chi connectivity index (χ3n) is 2.51. The molecule has 1 heterocycles. The summed E-state index contributed by atoms with van der Waals surface area (Å²) in [5.74, 6) is -0.477. The molecule has 6 heteroatoms. The van der Waals surface area contributed by atoms with Crippen LogP contribution in [0.2, 0.25) is 0 Å². The maximum absolute atomic E-state index is 11.0. The molecule has 0 saturated heterocycles. The smallest absolute Gasteiger partial charge is 0.330 e. The van der Waals surface area contributed by atoms with Gasteiger partial charge in [0.2, 0.25) is 0 Å². The molecular weight excluding hydrogens is 236 g/mol. The van der Waals surface area contributed by atoms with Crippen LogP contribution in [0.1, 0.15) is 5.56 Å². The number of aromatic nitrogens is 1. The Balaban J connectivity index is 2.45. The number of hydrogen-bond acceptors (Lipinski definition) is 4. The number of carbonyl (C=O) groups is 1. The number of fused-ring (bicyclic) bond motifs is 1. The predicted molar refractivity (Wildman–Crippen MR) is 66.0 cm³/mol. The van der Waals surface area contributed by atoms with Crippen molar-refractivity contribution >= 4 is 28.6 Å². The quantitative estimate of drug-likeness (QED) is 0.389. The number of hydrogen-bond donors (Lipinski definition) is 1. The van der Waals surface area contributed by atoms with Crippen molar-refractivity contribution in [1.82, 2.24) is 4.98 Å². The molecule has 0 aliphatic carbocycles. The highest BCUT2D eigenvalue weighted by Crippen LogP contribution is 2.24. The van der Waals surface area contributed by atoms with Gasteiger partial charge in [0, 0.05) is 40.9 Å². The number of ether oxygens (including phenoxy) is 1. The Kier molecular flexibility index (Phi) is 3.09. The second-order valence-corrected chi connectivity index (χ2v) is 3.59. The monoisotopic (exact) mass is 246 g/mol. The van der Waals surface area contributed by atoms with Gasteiger partial charge in [0.25, 0.3) is 5.69 Å². The Morgan fingerprint density at radius 1 is 1.50 bits per heavy atom. The van der Waals surface area contributed by atoms with Crippen LogP contribution in [0.5, 0.6) is 0 Å². The lowest BCUT2D eigenvalue weighted by atomic mass is 10.1. The maximum atomic E-state index is 11.0. The van der Waals surface area contributed by atoms with Gasteiger partial charge in [0.1, 0.15) is 0 Å². The molecule has 0 atom stereocenters. The zero-order chi connectivity index (χ0) is 13.1. The van der Waals surface area contributed by atoms with Gasteiger partial charge in [-0.25, -0.2) is 4.79 Å². The molecule has 0 radical (unpaired) electrons. The van der Waals surface area contributed by atoms with E-state index in [2.05, 4.69) is 9.72 Å². The standard InChI is InChI=1S/C12H10N2O4/c1-18-12(15)5-2-8-7-13-11-4-3-9(14(16)17)6-10(8)11/h2-7,13H,1H3. The van der Waals surface area contributed by atoms with Crippen molar-refractivity contribution in [3.8, 4) is 0 Å². The van der Waals surface area contributed by atoms with E-state index in [-0.39, 0.29) is 5.69 Å². The molecule has 2 aromatic rings. The fourth-order valence-corrected chi connectivity index (χ4v) is 1.61. The number of carbonyl (C=O) groups excluding carboxylic acids is 1. The highest BCUT2D eigenvalue weighted by Gasteiger charge is 2.09. The third kappa shape index (κ3) is 2.22. The molecule has 0 aliphatic rings. The summed E-state index contributed by atoms with van der Waals surface area (Å²) in [5, 5.41) is 11.4. The molecule has 2 rings (SSSR count). The Bertz CT molecular complexity index is 643. The van der Waals surface area contributed by atoms with Crippen LogP contribution in [0.25, 0.3) is 17.0 Å². The predicted octanol–water partition coefficient (Wildman–Crippen LogP) is 2.26. The molecular formula is C12H10N2O4. The lowest BCUT2D eigenvalue weighted by Crippen LogP contribution is -1.93. The van der Waals surface area contributed by atoms with E-state index in [0.29, 0.717) is 10.9 Å². The number of nitro groups is 1. The zero-order valence-corrected chi connectivity index (χ0v) is 9.54. The van der Waals surface area contributed by atoms with E-state index in [0.717, 1.165) is 5.52 Å². The number of benzene rings is 1. The van der Waals surface area contributed by atoms with E-state index >= 15 is 0 Å². The van der Waals surface area contributed by atoms with Gasteiger partial charge in [-0.2, -0.15) is 0 Å². The van der Waals surface area contributed by atoms with E-state index in [9.17, 15) is 14.9 Å². The van der Waals surface area contributed by atoms with E-state index < -0.39 is 10.9 Å². The number of nitrogens with zero attached hydrogens (tertiary/aromatic N) is 1. The molecule has 0 bridgehead atoms. The van der Waals surface area contributed by atoms with Gasteiger partial charge < -0.3 is 9.72 Å². The maximum Gasteiger partial charge on any atom is 0.330 e. The molecule has 0 aliphatic heterocycles. The molecule has 1 aromatic heterocycles. The van der Waals surface area contributed by atoms with Gasteiger partial charge in [0.15, 0.2) is 0 Å². The van der Waals surface area contributed by atoms with Gasteiger partial charge in [-0.05, 0) is 12.1 Å². The Morgan fingerprint density at radius 2 is 2.28 bits per heavy atom. The van der Waals surface area contributed by atoms with Crippen LogP contribution in [-0.2, 0) is 9.53 Å². The second kappa shape index (κ2) is 4.70. The number of nitro benzene ring substituents is 1. The van der Waals surface area contributed by atoms with E-state index in [4.69, 9.17) is 0 Å². The summed E-state index contributed by atoms with van der Waals surface area (Å²) in [6, 6.07) is 4.51. The highest BCUT2D eigenvalue weighted by molar-refractivity contribution is 5.94. The lowest BCUT2D eigenvalue weighted by Gasteiger charge is -1.94. The summed E-state index contributed by atoms with van der Waals surface area (Å²) in [4.78, 5) is 24.2. The van der Waals surface area contributed by atoms with Crippen LogP contribution in [0, 0.1) is 10.1 Å². The van der Waals surface area contributed by atoms with Crippen LogP contribution in [0.4, 0.5) is 5.69 Å². The third-order valence-corrected chi connectivity index (χ3v) is 2.51. The van der Waals surface area contributed by atoms with Crippen molar-refractivity contribution < 1.29 is 14.5 Å². The van der Waals surface area contributed by atoms with Crippen molar-refractivity contribution in [2.24, 2.45) is 0 Å². The molecule has 1 N–H and O–H groups in total. The number of aromatic amines is 1. The van der Waals surface area contributed by atoms with Crippen molar-refractivity contribution in [1.29, 1.82) is 0 Å². The van der Waals surface area contributed by atoms with E-state index in [1.165, 1.54) is 25.3 Å².